The van der Waals surface area contributed by atoms with Crippen molar-refractivity contribution in [1.29, 1.82) is 0 Å². The monoisotopic (exact) mass is 264 g/mol. The van der Waals surface area contributed by atoms with Crippen molar-refractivity contribution in [3.8, 4) is 0 Å². The van der Waals surface area contributed by atoms with Gasteiger partial charge in [-0.3, -0.25) is 9.59 Å². The second-order valence-corrected chi connectivity index (χ2v) is 4.32. The predicted molar refractivity (Wildman–Crippen MR) is 72.3 cm³/mol. The average molecular weight is 264 g/mol. The van der Waals surface area contributed by atoms with Crippen molar-refractivity contribution in [2.45, 2.75) is 33.2 Å². The highest BCUT2D eigenvalue weighted by Crippen LogP contribution is 1.97. The molecule has 5 heteroatoms. The fourth-order valence-electron chi connectivity index (χ4n) is 2.01. The summed E-state index contributed by atoms with van der Waals surface area (Å²) >= 11 is 0. The number of carbonyl (C=O) groups is 2. The maximum Gasteiger partial charge on any atom is 0.313 e. The maximum absolute atomic E-state index is 11.6. The van der Waals surface area contributed by atoms with Crippen LogP contribution in [-0.4, -0.2) is 29.8 Å². The van der Waals surface area contributed by atoms with Gasteiger partial charge in [0, 0.05) is 38.1 Å². The Kier molecular flexibility index (Phi) is 5.99. The Morgan fingerprint density at radius 3 is 2.63 bits per heavy atom. The van der Waals surface area contributed by atoms with Crippen LogP contribution in [-0.2, 0) is 11.3 Å². The third kappa shape index (κ3) is 4.35. The largest absolute Gasteiger partial charge is 0.360 e. The second-order valence-electron chi connectivity index (χ2n) is 4.32. The Hall–Kier alpha value is -1.91. The molecule has 0 atom stereocenters. The van der Waals surface area contributed by atoms with E-state index in [1.807, 2.05) is 35.6 Å². The van der Waals surface area contributed by atoms with Crippen molar-refractivity contribution in [3.63, 3.8) is 0 Å². The molecule has 0 radical (unpaired) electrons. The Morgan fingerprint density at radius 2 is 2.05 bits per heavy atom. The molecule has 1 rings (SSSR count). The average Bonchev–Trinajstić information content (AvgIpc) is 2.43. The van der Waals surface area contributed by atoms with Crippen LogP contribution in [0.1, 0.15) is 37.2 Å². The molecule has 0 aliphatic heterocycles. The highest BCUT2D eigenvalue weighted by Gasteiger charge is 2.15. The van der Waals surface area contributed by atoms with Gasteiger partial charge in [0.15, 0.2) is 12.7 Å². The van der Waals surface area contributed by atoms with Gasteiger partial charge < -0.3 is 10.6 Å². The van der Waals surface area contributed by atoms with E-state index in [1.165, 1.54) is 0 Å². The van der Waals surface area contributed by atoms with Crippen LogP contribution in [0.15, 0.2) is 24.4 Å². The molecule has 0 bridgehead atoms. The van der Waals surface area contributed by atoms with Gasteiger partial charge in [0.05, 0.1) is 0 Å². The molecule has 0 aliphatic rings. The molecular weight excluding hydrogens is 242 g/mol. The smallest absolute Gasteiger partial charge is 0.313 e. The van der Waals surface area contributed by atoms with Crippen molar-refractivity contribution in [1.82, 2.24) is 4.90 Å². The molecule has 104 valence electrons. The summed E-state index contributed by atoms with van der Waals surface area (Å²) in [5, 5.41) is 0. The molecule has 0 saturated carbocycles. The lowest BCUT2D eigenvalue weighted by molar-refractivity contribution is -0.699. The summed E-state index contributed by atoms with van der Waals surface area (Å²) in [7, 11) is 0. The summed E-state index contributed by atoms with van der Waals surface area (Å²) in [6.45, 7) is 5.92. The van der Waals surface area contributed by atoms with E-state index in [0.29, 0.717) is 25.2 Å². The van der Waals surface area contributed by atoms with Crippen LogP contribution in [0.5, 0.6) is 0 Å². The molecule has 0 spiro atoms. The number of rotatable bonds is 7. The Labute approximate surface area is 114 Å². The normalized spacial score (nSPS) is 10.2. The van der Waals surface area contributed by atoms with Gasteiger partial charge in [-0.15, -0.1) is 0 Å². The summed E-state index contributed by atoms with van der Waals surface area (Å²) in [6.07, 6.45) is 3.16. The number of hydrogen-bond acceptors (Lipinski definition) is 2. The lowest BCUT2D eigenvalue weighted by atomic mass is 10.3. The van der Waals surface area contributed by atoms with E-state index in [-0.39, 0.29) is 5.91 Å². The lowest BCUT2D eigenvalue weighted by Crippen LogP contribution is -2.43. The number of pyridine rings is 1. The molecule has 1 heterocycles. The zero-order chi connectivity index (χ0) is 14.3. The van der Waals surface area contributed by atoms with Gasteiger partial charge >= 0.3 is 5.91 Å². The minimum absolute atomic E-state index is 0.163. The number of nitrogens with two attached hydrogens (primary N) is 1. The molecular formula is C14H22N3O2+. The van der Waals surface area contributed by atoms with E-state index < -0.39 is 5.91 Å². The standard InChI is InChI=1S/C14H21N3O2/c1-3-13(18)16(4-2)10-7-11-17-9-6-5-8-12(17)14(15)19/h5-6,8-9H,3-4,7,10-11H2,1-2H3,(H-,15,19)/p+1. The number of amides is 2. The van der Waals surface area contributed by atoms with Gasteiger partial charge in [0.1, 0.15) is 0 Å². The molecule has 0 aromatic carbocycles. The number of carbonyl (C=O) groups excluding carboxylic acids is 2. The van der Waals surface area contributed by atoms with Crippen LogP contribution in [0.2, 0.25) is 0 Å². The molecule has 0 saturated heterocycles. The van der Waals surface area contributed by atoms with E-state index in [2.05, 4.69) is 0 Å². The minimum Gasteiger partial charge on any atom is -0.360 e. The summed E-state index contributed by atoms with van der Waals surface area (Å²) < 4.78 is 1.83. The third-order valence-corrected chi connectivity index (χ3v) is 3.06. The van der Waals surface area contributed by atoms with Gasteiger partial charge in [-0.05, 0) is 13.0 Å². The number of nitrogens with zero attached hydrogens (tertiary/aromatic N) is 2. The van der Waals surface area contributed by atoms with Crippen LogP contribution in [0.3, 0.4) is 0 Å². The highest BCUT2D eigenvalue weighted by molar-refractivity contribution is 5.89. The Morgan fingerprint density at radius 1 is 1.32 bits per heavy atom. The third-order valence-electron chi connectivity index (χ3n) is 3.06. The van der Waals surface area contributed by atoms with Gasteiger partial charge in [-0.2, -0.15) is 4.57 Å². The molecule has 1 aromatic rings. The SMILES string of the molecule is CCC(=O)N(CC)CCC[n+]1ccccc1C(N)=O. The zero-order valence-electron chi connectivity index (χ0n) is 11.6. The number of hydrogen-bond donors (Lipinski definition) is 1. The molecule has 0 aliphatic carbocycles. The molecule has 1 aromatic heterocycles. The van der Waals surface area contributed by atoms with Crippen molar-refractivity contribution >= 4 is 11.8 Å². The van der Waals surface area contributed by atoms with Crippen LogP contribution < -0.4 is 10.3 Å². The van der Waals surface area contributed by atoms with Crippen molar-refractivity contribution in [3.05, 3.63) is 30.1 Å². The first-order valence-corrected chi connectivity index (χ1v) is 6.66. The van der Waals surface area contributed by atoms with Gasteiger partial charge in [0.25, 0.3) is 5.69 Å². The van der Waals surface area contributed by atoms with Crippen molar-refractivity contribution < 1.29 is 14.2 Å². The van der Waals surface area contributed by atoms with Gasteiger partial charge in [0.2, 0.25) is 5.91 Å². The summed E-state index contributed by atoms with van der Waals surface area (Å²) in [5.74, 6) is -0.270. The quantitative estimate of drug-likeness (QED) is 0.737. The number of aryl methyl sites for hydroxylation is 1. The first kappa shape index (κ1) is 15.1. The molecule has 0 unspecified atom stereocenters. The maximum atomic E-state index is 11.6. The van der Waals surface area contributed by atoms with Gasteiger partial charge in [-0.1, -0.05) is 6.92 Å². The van der Waals surface area contributed by atoms with E-state index in [0.717, 1.165) is 13.0 Å². The first-order valence-electron chi connectivity index (χ1n) is 6.66. The van der Waals surface area contributed by atoms with Crippen molar-refractivity contribution in [2.24, 2.45) is 5.73 Å². The Balaban J connectivity index is 2.58. The minimum atomic E-state index is -0.433. The van der Waals surface area contributed by atoms with Crippen LogP contribution in [0.25, 0.3) is 0 Å². The van der Waals surface area contributed by atoms with E-state index >= 15 is 0 Å². The fraction of sp³-hybridized carbons (Fsp3) is 0.500. The molecule has 2 amide bonds. The van der Waals surface area contributed by atoms with E-state index in [1.54, 1.807) is 12.1 Å². The van der Waals surface area contributed by atoms with Gasteiger partial charge in [-0.25, -0.2) is 0 Å². The summed E-state index contributed by atoms with van der Waals surface area (Å²) in [4.78, 5) is 24.7. The number of primary amides is 1. The Bertz CT molecular complexity index is 446. The predicted octanol–water partition coefficient (Wildman–Crippen LogP) is 0.722. The van der Waals surface area contributed by atoms with E-state index in [9.17, 15) is 9.59 Å². The highest BCUT2D eigenvalue weighted by atomic mass is 16.2. The van der Waals surface area contributed by atoms with Crippen LogP contribution in [0.4, 0.5) is 0 Å². The van der Waals surface area contributed by atoms with E-state index in [4.69, 9.17) is 5.73 Å². The molecule has 2 N–H and O–H groups in total. The van der Waals surface area contributed by atoms with Crippen molar-refractivity contribution in [2.75, 3.05) is 13.1 Å². The molecule has 5 nitrogen and oxygen atoms in total. The molecule has 0 fully saturated rings. The topological polar surface area (TPSA) is 67.3 Å². The first-order chi connectivity index (χ1) is 9.10. The number of aromatic nitrogens is 1. The summed E-state index contributed by atoms with van der Waals surface area (Å²) in [5.41, 5.74) is 5.81. The zero-order valence-corrected chi connectivity index (χ0v) is 11.6. The second kappa shape index (κ2) is 7.51. The fourth-order valence-corrected chi connectivity index (χ4v) is 2.01. The molecule has 19 heavy (non-hydrogen) atoms. The van der Waals surface area contributed by atoms with Crippen LogP contribution in [0, 0.1) is 0 Å². The van der Waals surface area contributed by atoms with Crippen LogP contribution >= 0.6 is 0 Å². The lowest BCUT2D eigenvalue weighted by Gasteiger charge is -2.19. The summed E-state index contributed by atoms with van der Waals surface area (Å²) in [6, 6.07) is 5.36.